The Kier molecular flexibility index (Phi) is 6.58. The Hall–Kier alpha value is -4.16. The molecule has 35 heavy (non-hydrogen) atoms. The van der Waals surface area contributed by atoms with Gasteiger partial charge in [-0.1, -0.05) is 11.6 Å². The van der Waals surface area contributed by atoms with Crippen LogP contribution in [0.25, 0.3) is 10.9 Å². The summed E-state index contributed by atoms with van der Waals surface area (Å²) in [6.45, 7) is 2.39. The van der Waals surface area contributed by atoms with E-state index in [0.717, 1.165) is 11.4 Å². The summed E-state index contributed by atoms with van der Waals surface area (Å²) in [6, 6.07) is 11.9. The molecule has 10 heteroatoms. The summed E-state index contributed by atoms with van der Waals surface area (Å²) in [6.07, 6.45) is 1.41. The van der Waals surface area contributed by atoms with Crippen LogP contribution in [-0.2, 0) is 13.6 Å². The minimum atomic E-state index is -0.548. The fraction of sp³-hybridized carbons (Fsp3) is 0.200. The maximum atomic E-state index is 13.7. The number of halogens is 2. The van der Waals surface area contributed by atoms with E-state index >= 15 is 0 Å². The molecule has 0 saturated carbocycles. The van der Waals surface area contributed by atoms with Crippen LogP contribution < -0.4 is 10.6 Å². The number of carbonyl (C=O) groups excluding carboxylic acids is 1. The van der Waals surface area contributed by atoms with Gasteiger partial charge < -0.3 is 15.5 Å². The van der Waals surface area contributed by atoms with Crippen LogP contribution in [0, 0.1) is 24.1 Å². The normalized spacial score (nSPS) is 10.8. The van der Waals surface area contributed by atoms with Crippen molar-refractivity contribution < 1.29 is 9.18 Å². The lowest BCUT2D eigenvalue weighted by atomic mass is 10.0. The summed E-state index contributed by atoms with van der Waals surface area (Å²) < 4.78 is 15.5. The molecule has 178 valence electrons. The molecule has 0 bridgehead atoms. The summed E-state index contributed by atoms with van der Waals surface area (Å²) >= 11 is 5.95. The van der Waals surface area contributed by atoms with Gasteiger partial charge in [0.2, 0.25) is 0 Å². The standard InChI is InChI=1S/C25H23ClFN7O/c1-14-7-18(34(4)32-14)13-29-17-8-19-23(31-16-5-6-22(27)21(26)10-16)15(11-28)12-30-24(19)20(9-17)25(35)33(2)3/h5-10,12,29H,13H2,1-4H3,(H,30,31). The molecule has 0 fully saturated rings. The second-order valence-corrected chi connectivity index (χ2v) is 8.69. The maximum Gasteiger partial charge on any atom is 0.255 e. The van der Waals surface area contributed by atoms with E-state index in [9.17, 15) is 14.4 Å². The first kappa shape index (κ1) is 24.0. The van der Waals surface area contributed by atoms with E-state index in [1.807, 2.05) is 26.1 Å². The van der Waals surface area contributed by atoms with Gasteiger partial charge >= 0.3 is 0 Å². The van der Waals surface area contributed by atoms with Gasteiger partial charge in [0.1, 0.15) is 11.9 Å². The molecule has 0 unspecified atom stereocenters. The Bertz CT molecular complexity index is 1490. The molecule has 0 spiro atoms. The van der Waals surface area contributed by atoms with E-state index in [2.05, 4.69) is 26.8 Å². The highest BCUT2D eigenvalue weighted by molar-refractivity contribution is 6.31. The first-order valence-corrected chi connectivity index (χ1v) is 11.1. The van der Waals surface area contributed by atoms with E-state index in [1.54, 1.807) is 24.8 Å². The second-order valence-electron chi connectivity index (χ2n) is 8.29. The zero-order chi connectivity index (χ0) is 25.3. The topological polar surface area (TPSA) is 98.9 Å². The van der Waals surface area contributed by atoms with Gasteiger partial charge in [0.25, 0.3) is 5.91 Å². The summed E-state index contributed by atoms with van der Waals surface area (Å²) in [5.41, 5.74) is 4.53. The molecule has 0 aliphatic carbocycles. The first-order chi connectivity index (χ1) is 16.7. The van der Waals surface area contributed by atoms with Gasteiger partial charge in [0, 0.05) is 44.1 Å². The van der Waals surface area contributed by atoms with Crippen LogP contribution in [0.15, 0.2) is 42.6 Å². The molecule has 4 rings (SSSR count). The minimum Gasteiger partial charge on any atom is -0.379 e. The molecular weight excluding hydrogens is 469 g/mol. The average Bonchev–Trinajstić information content (AvgIpc) is 3.15. The van der Waals surface area contributed by atoms with Crippen molar-refractivity contribution in [2.75, 3.05) is 24.7 Å². The largest absolute Gasteiger partial charge is 0.379 e. The van der Waals surface area contributed by atoms with Crippen molar-refractivity contribution >= 4 is 45.5 Å². The third-order valence-corrected chi connectivity index (χ3v) is 5.78. The molecule has 2 N–H and O–H groups in total. The molecular formula is C25H23ClFN7O. The number of nitriles is 1. The van der Waals surface area contributed by atoms with Crippen molar-refractivity contribution in [2.24, 2.45) is 7.05 Å². The van der Waals surface area contributed by atoms with Gasteiger partial charge in [-0.15, -0.1) is 0 Å². The lowest BCUT2D eigenvalue weighted by Gasteiger charge is -2.18. The molecule has 4 aromatic rings. The van der Waals surface area contributed by atoms with Crippen molar-refractivity contribution in [1.29, 1.82) is 5.26 Å². The number of aromatic nitrogens is 3. The van der Waals surface area contributed by atoms with Gasteiger partial charge in [-0.3, -0.25) is 14.5 Å². The number of fused-ring (bicyclic) bond motifs is 1. The zero-order valence-corrected chi connectivity index (χ0v) is 20.4. The Labute approximate surface area is 206 Å². The van der Waals surface area contributed by atoms with Crippen LogP contribution in [-0.4, -0.2) is 39.7 Å². The van der Waals surface area contributed by atoms with Crippen molar-refractivity contribution in [1.82, 2.24) is 19.7 Å². The van der Waals surface area contributed by atoms with Crippen molar-refractivity contribution in [3.05, 3.63) is 75.9 Å². The molecule has 0 radical (unpaired) electrons. The Balaban J connectivity index is 1.86. The van der Waals surface area contributed by atoms with Gasteiger partial charge in [0.15, 0.2) is 0 Å². The quantitative estimate of drug-likeness (QED) is 0.394. The molecule has 1 amide bonds. The molecule has 2 aromatic heterocycles. The van der Waals surface area contributed by atoms with E-state index in [1.165, 1.54) is 29.3 Å². The average molecular weight is 492 g/mol. The number of hydrogen-bond donors (Lipinski definition) is 2. The van der Waals surface area contributed by atoms with Gasteiger partial charge in [-0.05, 0) is 43.3 Å². The highest BCUT2D eigenvalue weighted by Gasteiger charge is 2.19. The molecule has 0 aliphatic rings. The fourth-order valence-corrected chi connectivity index (χ4v) is 3.95. The number of pyridine rings is 1. The van der Waals surface area contributed by atoms with Crippen LogP contribution in [0.2, 0.25) is 5.02 Å². The molecule has 0 saturated heterocycles. The third kappa shape index (κ3) is 4.88. The molecule has 2 aromatic carbocycles. The number of aryl methyl sites for hydroxylation is 2. The number of rotatable bonds is 6. The summed E-state index contributed by atoms with van der Waals surface area (Å²) in [5, 5.41) is 21.1. The highest BCUT2D eigenvalue weighted by atomic mass is 35.5. The zero-order valence-electron chi connectivity index (χ0n) is 19.6. The highest BCUT2D eigenvalue weighted by Crippen LogP contribution is 2.34. The molecule has 8 nitrogen and oxygen atoms in total. The summed E-state index contributed by atoms with van der Waals surface area (Å²) in [5.74, 6) is -0.781. The maximum absolute atomic E-state index is 13.7. The predicted molar refractivity (Wildman–Crippen MR) is 134 cm³/mol. The van der Waals surface area contributed by atoms with Gasteiger partial charge in [-0.25, -0.2) is 4.39 Å². The van der Waals surface area contributed by atoms with Crippen LogP contribution in [0.5, 0.6) is 0 Å². The number of hydrogen-bond acceptors (Lipinski definition) is 6. The monoisotopic (exact) mass is 491 g/mol. The van der Waals surface area contributed by atoms with Gasteiger partial charge in [-0.2, -0.15) is 10.4 Å². The van der Waals surface area contributed by atoms with Crippen LogP contribution in [0.3, 0.4) is 0 Å². The Morgan fingerprint density at radius 1 is 1.23 bits per heavy atom. The van der Waals surface area contributed by atoms with Crippen molar-refractivity contribution in [2.45, 2.75) is 13.5 Å². The SMILES string of the molecule is Cc1cc(CNc2cc(C(=O)N(C)C)c3ncc(C#N)c(Nc4ccc(F)c(Cl)c4)c3c2)n(C)n1. The second kappa shape index (κ2) is 9.60. The minimum absolute atomic E-state index is 0.0517. The Morgan fingerprint density at radius 2 is 2.00 bits per heavy atom. The van der Waals surface area contributed by atoms with E-state index in [-0.39, 0.29) is 16.5 Å². The number of anilines is 3. The fourth-order valence-electron chi connectivity index (χ4n) is 3.77. The summed E-state index contributed by atoms with van der Waals surface area (Å²) in [4.78, 5) is 18.9. The van der Waals surface area contributed by atoms with Crippen LogP contribution >= 0.6 is 11.6 Å². The van der Waals surface area contributed by atoms with E-state index in [4.69, 9.17) is 11.6 Å². The number of nitrogens with zero attached hydrogens (tertiary/aromatic N) is 5. The lowest BCUT2D eigenvalue weighted by molar-refractivity contribution is 0.0829. The smallest absolute Gasteiger partial charge is 0.255 e. The lowest BCUT2D eigenvalue weighted by Crippen LogP contribution is -2.22. The van der Waals surface area contributed by atoms with Crippen LogP contribution in [0.4, 0.5) is 21.5 Å². The summed E-state index contributed by atoms with van der Waals surface area (Å²) in [7, 11) is 5.19. The molecule has 0 aliphatic heterocycles. The predicted octanol–water partition coefficient (Wildman–Crippen LogP) is 5.00. The van der Waals surface area contributed by atoms with E-state index in [0.29, 0.717) is 40.1 Å². The third-order valence-electron chi connectivity index (χ3n) is 5.49. The number of carbonyl (C=O) groups is 1. The molecule has 2 heterocycles. The first-order valence-electron chi connectivity index (χ1n) is 10.7. The Morgan fingerprint density at radius 3 is 2.63 bits per heavy atom. The van der Waals surface area contributed by atoms with Crippen molar-refractivity contribution in [3.63, 3.8) is 0 Å². The number of nitrogens with one attached hydrogen (secondary N) is 2. The molecule has 0 atom stereocenters. The number of benzene rings is 2. The van der Waals surface area contributed by atoms with Gasteiger partial charge in [0.05, 0.1) is 45.3 Å². The number of amides is 1. The van der Waals surface area contributed by atoms with Crippen LogP contribution in [0.1, 0.15) is 27.3 Å². The van der Waals surface area contributed by atoms with Crippen molar-refractivity contribution in [3.8, 4) is 6.07 Å². The van der Waals surface area contributed by atoms with E-state index < -0.39 is 5.82 Å².